The number of thiocarbonyl (C=S) groups is 1. The number of rotatable bonds is 5. The molecule has 1 N–H and O–H groups in total. The Labute approximate surface area is 182 Å². The number of nitrogens with zero attached hydrogens (tertiary/aromatic N) is 1. The van der Waals surface area contributed by atoms with Crippen molar-refractivity contribution >= 4 is 63.5 Å². The third kappa shape index (κ3) is 5.53. The zero-order valence-electron chi connectivity index (χ0n) is 15.3. The van der Waals surface area contributed by atoms with Gasteiger partial charge in [-0.15, -0.1) is 0 Å². The highest BCUT2D eigenvalue weighted by atomic mass is 35.5. The summed E-state index contributed by atoms with van der Waals surface area (Å²) in [7, 11) is 0. The van der Waals surface area contributed by atoms with Crippen LogP contribution in [-0.4, -0.2) is 27.6 Å². The van der Waals surface area contributed by atoms with Gasteiger partial charge in [0.05, 0.1) is 9.93 Å². The summed E-state index contributed by atoms with van der Waals surface area (Å²) in [6.07, 6.45) is 3.71. The van der Waals surface area contributed by atoms with Gasteiger partial charge in [-0.3, -0.25) is 14.5 Å². The van der Waals surface area contributed by atoms with Crippen molar-refractivity contribution in [2.45, 2.75) is 6.92 Å². The molecule has 0 spiro atoms. The Balaban J connectivity index is 1.67. The molecule has 2 aromatic rings. The lowest BCUT2D eigenvalue weighted by atomic mass is 10.1. The minimum Gasteiger partial charge on any atom is -0.324 e. The molecule has 0 aliphatic carbocycles. The third-order valence-corrected chi connectivity index (χ3v) is 5.60. The number of thioether (sulfide) groups is 1. The number of anilines is 1. The molecule has 0 radical (unpaired) electrons. The third-order valence-electron chi connectivity index (χ3n) is 3.93. The van der Waals surface area contributed by atoms with Crippen LogP contribution in [0.3, 0.4) is 0 Å². The molecule has 148 valence electrons. The average molecular weight is 447 g/mol. The second-order valence-corrected chi connectivity index (χ2v) is 8.33. The highest BCUT2D eigenvalue weighted by Crippen LogP contribution is 2.32. The van der Waals surface area contributed by atoms with Gasteiger partial charge in [0.15, 0.2) is 0 Å². The molecule has 1 aliphatic heterocycles. The van der Waals surface area contributed by atoms with Gasteiger partial charge in [-0.25, -0.2) is 4.39 Å². The van der Waals surface area contributed by atoms with Gasteiger partial charge in [-0.2, -0.15) is 0 Å². The van der Waals surface area contributed by atoms with Crippen molar-refractivity contribution in [3.05, 3.63) is 81.5 Å². The van der Waals surface area contributed by atoms with E-state index >= 15 is 0 Å². The number of benzene rings is 2. The lowest BCUT2D eigenvalue weighted by Crippen LogP contribution is -2.36. The molecule has 1 heterocycles. The molecule has 29 heavy (non-hydrogen) atoms. The summed E-state index contributed by atoms with van der Waals surface area (Å²) in [4.78, 5) is 26.6. The maximum absolute atomic E-state index is 13.2. The zero-order chi connectivity index (χ0) is 21.0. The van der Waals surface area contributed by atoms with Crippen LogP contribution in [0.5, 0.6) is 0 Å². The first-order chi connectivity index (χ1) is 13.8. The molecule has 0 bridgehead atoms. The molecule has 2 amide bonds. The van der Waals surface area contributed by atoms with Crippen LogP contribution in [0.2, 0.25) is 5.02 Å². The molecular weight excluding hydrogens is 431 g/mol. The maximum atomic E-state index is 13.2. The largest absolute Gasteiger partial charge is 0.324 e. The molecule has 0 aromatic heterocycles. The summed E-state index contributed by atoms with van der Waals surface area (Å²) in [6, 6.07) is 13.6. The van der Waals surface area contributed by atoms with E-state index in [9.17, 15) is 14.0 Å². The molecule has 4 nitrogen and oxygen atoms in total. The van der Waals surface area contributed by atoms with Gasteiger partial charge in [-0.05, 0) is 42.3 Å². The van der Waals surface area contributed by atoms with Crippen LogP contribution in [-0.2, 0) is 9.59 Å². The molecular formula is C21H16ClFN2O2S2. The number of hydrogen-bond acceptors (Lipinski definition) is 4. The van der Waals surface area contributed by atoms with E-state index in [1.807, 2.05) is 43.3 Å². The molecule has 0 unspecified atom stereocenters. The standard InChI is InChI=1S/C21H16ClFN2O2S2/c1-13(9-14-5-3-2-4-6-14)10-18-20(27)25(21(28)29-18)12-19(26)24-15-7-8-17(23)16(22)11-15/h2-11H,12H2,1H3,(H,24,26)/b13-9+,18-10+. The van der Waals surface area contributed by atoms with E-state index in [-0.39, 0.29) is 17.5 Å². The summed E-state index contributed by atoms with van der Waals surface area (Å²) in [5.41, 5.74) is 2.25. The van der Waals surface area contributed by atoms with Gasteiger partial charge in [0.1, 0.15) is 16.7 Å². The number of carbonyl (C=O) groups excluding carboxylic acids is 2. The first-order valence-corrected chi connectivity index (χ1v) is 10.2. The maximum Gasteiger partial charge on any atom is 0.266 e. The normalized spacial score (nSPS) is 15.9. The van der Waals surface area contributed by atoms with Gasteiger partial charge in [-0.1, -0.05) is 72.0 Å². The van der Waals surface area contributed by atoms with Crippen molar-refractivity contribution < 1.29 is 14.0 Å². The van der Waals surface area contributed by atoms with E-state index in [1.54, 1.807) is 6.08 Å². The van der Waals surface area contributed by atoms with Crippen molar-refractivity contribution in [1.29, 1.82) is 0 Å². The summed E-state index contributed by atoms with van der Waals surface area (Å²) < 4.78 is 13.5. The molecule has 1 saturated heterocycles. The molecule has 1 aliphatic rings. The molecule has 8 heteroatoms. The van der Waals surface area contributed by atoms with E-state index in [0.717, 1.165) is 29.0 Å². The van der Waals surface area contributed by atoms with Crippen molar-refractivity contribution in [2.24, 2.45) is 0 Å². The monoisotopic (exact) mass is 446 g/mol. The van der Waals surface area contributed by atoms with Crippen LogP contribution in [0, 0.1) is 5.82 Å². The quantitative estimate of drug-likeness (QED) is 0.502. The van der Waals surface area contributed by atoms with Gasteiger partial charge in [0, 0.05) is 5.69 Å². The Morgan fingerprint density at radius 2 is 2.00 bits per heavy atom. The van der Waals surface area contributed by atoms with Crippen LogP contribution < -0.4 is 5.32 Å². The van der Waals surface area contributed by atoms with Gasteiger partial charge >= 0.3 is 0 Å². The smallest absolute Gasteiger partial charge is 0.266 e. The predicted molar refractivity (Wildman–Crippen MR) is 120 cm³/mol. The lowest BCUT2D eigenvalue weighted by molar-refractivity contribution is -0.126. The van der Waals surface area contributed by atoms with Crippen LogP contribution >= 0.6 is 35.6 Å². The van der Waals surface area contributed by atoms with Crippen molar-refractivity contribution in [1.82, 2.24) is 4.90 Å². The fourth-order valence-corrected chi connectivity index (χ4v) is 4.10. The van der Waals surface area contributed by atoms with Crippen LogP contribution in [0.15, 0.2) is 65.1 Å². The molecule has 2 aromatic carbocycles. The Morgan fingerprint density at radius 1 is 1.28 bits per heavy atom. The molecule has 0 saturated carbocycles. The highest BCUT2D eigenvalue weighted by Gasteiger charge is 2.33. The van der Waals surface area contributed by atoms with E-state index < -0.39 is 11.7 Å². The topological polar surface area (TPSA) is 49.4 Å². The average Bonchev–Trinajstić information content (AvgIpc) is 2.93. The Bertz CT molecular complexity index is 1040. The second kappa shape index (κ2) is 9.35. The number of amides is 2. The van der Waals surface area contributed by atoms with Crippen LogP contribution in [0.25, 0.3) is 6.08 Å². The molecule has 1 fully saturated rings. The summed E-state index contributed by atoms with van der Waals surface area (Å²) in [5, 5.41) is 2.48. The van der Waals surface area contributed by atoms with Crippen LogP contribution in [0.4, 0.5) is 10.1 Å². The number of nitrogens with one attached hydrogen (secondary N) is 1. The van der Waals surface area contributed by atoms with E-state index in [0.29, 0.717) is 14.9 Å². The first kappa shape index (κ1) is 21.2. The number of carbonyl (C=O) groups is 2. The van der Waals surface area contributed by atoms with Crippen molar-refractivity contribution in [2.75, 3.05) is 11.9 Å². The summed E-state index contributed by atoms with van der Waals surface area (Å²) in [5.74, 6) is -1.36. The molecule has 0 atom stereocenters. The van der Waals surface area contributed by atoms with Gasteiger partial charge in [0.25, 0.3) is 5.91 Å². The van der Waals surface area contributed by atoms with E-state index in [1.165, 1.54) is 17.0 Å². The number of hydrogen-bond donors (Lipinski definition) is 1. The Hall–Kier alpha value is -2.48. The van der Waals surface area contributed by atoms with E-state index in [4.69, 9.17) is 23.8 Å². The SMILES string of the molecule is CC(=C\c1ccccc1)/C=C1/SC(=S)N(CC(=O)Nc2ccc(F)c(Cl)c2)C1=O. The highest BCUT2D eigenvalue weighted by molar-refractivity contribution is 8.26. The van der Waals surface area contributed by atoms with Crippen LogP contribution in [0.1, 0.15) is 12.5 Å². The van der Waals surface area contributed by atoms with Crippen molar-refractivity contribution in [3.8, 4) is 0 Å². The Kier molecular flexibility index (Phi) is 6.84. The predicted octanol–water partition coefficient (Wildman–Crippen LogP) is 5.27. The fraction of sp³-hybridized carbons (Fsp3) is 0.0952. The summed E-state index contributed by atoms with van der Waals surface area (Å²) >= 11 is 12.1. The van der Waals surface area contributed by atoms with Gasteiger partial charge < -0.3 is 5.32 Å². The lowest BCUT2D eigenvalue weighted by Gasteiger charge is -2.14. The fourth-order valence-electron chi connectivity index (χ4n) is 2.61. The summed E-state index contributed by atoms with van der Waals surface area (Å²) in [6.45, 7) is 1.66. The Morgan fingerprint density at radius 3 is 2.69 bits per heavy atom. The minimum absolute atomic E-state index is 0.1000. The zero-order valence-corrected chi connectivity index (χ0v) is 17.7. The van der Waals surface area contributed by atoms with Gasteiger partial charge in [0.2, 0.25) is 5.91 Å². The molecule has 3 rings (SSSR count). The van der Waals surface area contributed by atoms with E-state index in [2.05, 4.69) is 5.32 Å². The number of halogens is 2. The number of allylic oxidation sites excluding steroid dienone is 2. The van der Waals surface area contributed by atoms with Crippen molar-refractivity contribution in [3.63, 3.8) is 0 Å². The minimum atomic E-state index is -0.578. The first-order valence-electron chi connectivity index (χ1n) is 8.57. The second-order valence-electron chi connectivity index (χ2n) is 6.24.